The lowest BCUT2D eigenvalue weighted by molar-refractivity contribution is -0.119. The van der Waals surface area contributed by atoms with Gasteiger partial charge >= 0.3 is 15.2 Å². The molecule has 4 heterocycles. The molecule has 2 atom stereocenters. The molecule has 0 aliphatic carbocycles. The van der Waals surface area contributed by atoms with Crippen LogP contribution >= 0.6 is 69.0 Å². The summed E-state index contributed by atoms with van der Waals surface area (Å²) in [6, 6.07) is -0.363. The summed E-state index contributed by atoms with van der Waals surface area (Å²) < 4.78 is 23.3. The van der Waals surface area contributed by atoms with Crippen molar-refractivity contribution in [2.75, 3.05) is 24.6 Å². The lowest BCUT2D eigenvalue weighted by Gasteiger charge is -2.31. The first-order chi connectivity index (χ1) is 16.8. The van der Waals surface area contributed by atoms with Gasteiger partial charge in [0.1, 0.15) is 0 Å². The molecule has 4 aliphatic rings. The van der Waals surface area contributed by atoms with Crippen molar-refractivity contribution in [3.05, 3.63) is 48.1 Å². The quantitative estimate of drug-likeness (QED) is 0.152. The lowest BCUT2D eigenvalue weighted by Crippen LogP contribution is -2.38. The van der Waals surface area contributed by atoms with Crippen molar-refractivity contribution in [1.82, 2.24) is 20.4 Å². The summed E-state index contributed by atoms with van der Waals surface area (Å²) in [6.07, 6.45) is 10.9. The van der Waals surface area contributed by atoms with E-state index in [0.29, 0.717) is 24.4 Å². The molecule has 0 aromatic carbocycles. The Labute approximate surface area is 247 Å². The van der Waals surface area contributed by atoms with E-state index in [1.165, 1.54) is 11.8 Å². The maximum absolute atomic E-state index is 11.7. The molecule has 18 heteroatoms. The molecule has 1 amide bonds. The number of fused-ring (bicyclic) bond motifs is 2. The highest BCUT2D eigenvalue weighted by molar-refractivity contribution is 8.93. The summed E-state index contributed by atoms with van der Waals surface area (Å²) in [4.78, 5) is 63.7. The Hall–Kier alpha value is -0.730. The van der Waals surface area contributed by atoms with Gasteiger partial charge in [-0.1, -0.05) is 11.8 Å². The summed E-state index contributed by atoms with van der Waals surface area (Å²) in [7, 11) is -10.1. The van der Waals surface area contributed by atoms with Crippen molar-refractivity contribution in [3.8, 4) is 0 Å². The number of rotatable bonds is 7. The molecular formula is C20H32BrClN4O8P2S2. The highest BCUT2D eigenvalue weighted by Crippen LogP contribution is 2.71. The monoisotopic (exact) mass is 696 g/mol. The Balaban J connectivity index is 0.000000368. The van der Waals surface area contributed by atoms with Gasteiger partial charge in [-0.15, -0.1) is 29.4 Å². The van der Waals surface area contributed by atoms with Gasteiger partial charge in [0.25, 0.3) is 0 Å². The van der Waals surface area contributed by atoms with E-state index in [0.717, 1.165) is 18.0 Å². The van der Waals surface area contributed by atoms with Crippen LogP contribution in [0.5, 0.6) is 0 Å². The van der Waals surface area contributed by atoms with E-state index in [1.54, 1.807) is 30.2 Å². The topological polar surface area (TPSA) is 180 Å². The lowest BCUT2D eigenvalue weighted by atomic mass is 10.1. The van der Waals surface area contributed by atoms with Gasteiger partial charge in [-0.05, 0) is 36.7 Å². The smallest absolute Gasteiger partial charge is 0.363 e. The number of allylic oxidation sites excluding steroid dienone is 4. The van der Waals surface area contributed by atoms with Crippen LogP contribution in [0.25, 0.3) is 0 Å². The average Bonchev–Trinajstić information content (AvgIpc) is 3.36. The van der Waals surface area contributed by atoms with Gasteiger partial charge < -0.3 is 40.0 Å². The second-order valence-electron chi connectivity index (χ2n) is 8.48. The first kappa shape index (κ1) is 35.3. The number of carbonyl (C=O) groups excluding carboxylic acids is 2. The van der Waals surface area contributed by atoms with Crippen LogP contribution in [0, 0.1) is 0 Å². The van der Waals surface area contributed by atoms with Crippen molar-refractivity contribution in [3.63, 3.8) is 0 Å². The minimum absolute atomic E-state index is 0. The summed E-state index contributed by atoms with van der Waals surface area (Å²) in [5, 5.41) is 2.81. The van der Waals surface area contributed by atoms with Crippen LogP contribution in [0.1, 0.15) is 19.8 Å². The number of nitrogens with zero attached hydrogens (tertiary/aromatic N) is 2. The largest absolute Gasteiger partial charge is 0.368 e. The van der Waals surface area contributed by atoms with Crippen LogP contribution in [-0.2, 0) is 18.7 Å². The van der Waals surface area contributed by atoms with Crippen molar-refractivity contribution in [2.24, 2.45) is 0 Å². The number of carbonyl (C=O) groups is 2. The molecule has 12 nitrogen and oxygen atoms in total. The number of hydrogen-bond acceptors (Lipinski definition) is 9. The molecule has 2 unspecified atom stereocenters. The highest BCUT2D eigenvalue weighted by Gasteiger charge is 2.65. The van der Waals surface area contributed by atoms with Crippen molar-refractivity contribution in [2.45, 2.75) is 36.9 Å². The Morgan fingerprint density at radius 2 is 1.63 bits per heavy atom. The van der Waals surface area contributed by atoms with E-state index < -0.39 is 26.3 Å². The summed E-state index contributed by atoms with van der Waals surface area (Å²) >= 11 is 5.42. The van der Waals surface area contributed by atoms with Crippen molar-refractivity contribution < 1.29 is 38.3 Å². The van der Waals surface area contributed by atoms with Gasteiger partial charge in [0.2, 0.25) is 10.9 Å². The van der Waals surface area contributed by atoms with E-state index in [9.17, 15) is 38.3 Å². The average molecular weight is 698 g/mol. The van der Waals surface area contributed by atoms with E-state index in [1.807, 2.05) is 18.4 Å². The third-order valence-corrected chi connectivity index (χ3v) is 11.2. The van der Waals surface area contributed by atoms with E-state index in [-0.39, 0.29) is 52.9 Å². The molecule has 0 saturated carbocycles. The second-order valence-corrected chi connectivity index (χ2v) is 14.3. The molecule has 0 aromatic rings. The fourth-order valence-corrected chi connectivity index (χ4v) is 7.92. The number of thioether (sulfide) groups is 1. The zero-order valence-corrected chi connectivity index (χ0v) is 26.3. The zero-order valence-electron chi connectivity index (χ0n) is 20.2. The fourth-order valence-electron chi connectivity index (χ4n) is 4.37. The molecule has 216 valence electrons. The Morgan fingerprint density at radius 1 is 1.08 bits per heavy atom. The van der Waals surface area contributed by atoms with Crippen LogP contribution in [0.3, 0.4) is 0 Å². The Bertz CT molecular complexity index is 1090. The van der Waals surface area contributed by atoms with Crippen LogP contribution < -0.4 is 10.6 Å². The summed E-state index contributed by atoms with van der Waals surface area (Å²) in [5.74, 6) is 1.34. The second kappa shape index (κ2) is 14.2. The van der Waals surface area contributed by atoms with Gasteiger partial charge in [0, 0.05) is 49.3 Å². The number of amides is 1. The fraction of sp³-hybridized carbons (Fsp3) is 0.500. The molecule has 0 radical (unpaired) electrons. The van der Waals surface area contributed by atoms with Gasteiger partial charge in [-0.3, -0.25) is 18.7 Å². The minimum Gasteiger partial charge on any atom is -0.368 e. The molecule has 38 heavy (non-hydrogen) atoms. The molecule has 4 rings (SSSR count). The standard InChI is InChI=1S/C11H14N2O2S.C9H16N2O6P2S.BrH.ClH/c1-8(14)16-6-5-13-4-2-3-9-10(13)7-11(15)12-9;12-18(13,14)9(19(15,16)17)6-8-7(10-9)2-1-3-11(8)4-5-20;;/h2-4,10H,5-7H2,1H3,(H,12,15);1-3,8,10,20H,4-6H2,(H2,12,13,14)(H2,15,16,17);2*1H. The van der Waals surface area contributed by atoms with E-state index in [2.05, 4.69) is 28.2 Å². The van der Waals surface area contributed by atoms with Crippen molar-refractivity contribution in [1.29, 1.82) is 0 Å². The van der Waals surface area contributed by atoms with Crippen LogP contribution in [-0.4, -0.2) is 82.1 Å². The number of halogens is 2. The van der Waals surface area contributed by atoms with E-state index in [4.69, 9.17) is 0 Å². The van der Waals surface area contributed by atoms with Crippen LogP contribution in [0.15, 0.2) is 48.1 Å². The molecule has 2 fully saturated rings. The normalized spacial score (nSPS) is 22.8. The van der Waals surface area contributed by atoms with Crippen molar-refractivity contribution >= 4 is 80.0 Å². The maximum atomic E-state index is 11.7. The van der Waals surface area contributed by atoms with Gasteiger partial charge in [0.05, 0.1) is 18.5 Å². The minimum atomic E-state index is -5.07. The van der Waals surface area contributed by atoms with Gasteiger partial charge in [0.15, 0.2) is 5.12 Å². The van der Waals surface area contributed by atoms with Gasteiger partial charge in [-0.25, -0.2) is 0 Å². The SMILES string of the molecule is Br.CC(=O)SCCN1C=CC=C2NC(=O)CC21.Cl.O=P(O)(O)C1(P(=O)(O)O)CC2C(=CC=CN2CCS)N1. The molecule has 4 aliphatic heterocycles. The number of hydrogen-bond donors (Lipinski definition) is 7. The predicted molar refractivity (Wildman–Crippen MR) is 157 cm³/mol. The Kier molecular flexibility index (Phi) is 13.2. The Morgan fingerprint density at radius 3 is 2.16 bits per heavy atom. The van der Waals surface area contributed by atoms with E-state index >= 15 is 0 Å². The van der Waals surface area contributed by atoms with Gasteiger partial charge in [-0.2, -0.15) is 12.6 Å². The summed E-state index contributed by atoms with van der Waals surface area (Å²) in [5.41, 5.74) is 1.36. The number of nitrogens with one attached hydrogen (secondary N) is 2. The molecular weight excluding hydrogens is 666 g/mol. The molecule has 0 aromatic heterocycles. The predicted octanol–water partition coefficient (Wildman–Crippen LogP) is 1.87. The molecule has 6 N–H and O–H groups in total. The highest BCUT2D eigenvalue weighted by atomic mass is 79.9. The number of thiol groups is 1. The molecule has 2 saturated heterocycles. The summed E-state index contributed by atoms with van der Waals surface area (Å²) in [6.45, 7) is 2.86. The molecule has 0 bridgehead atoms. The van der Waals surface area contributed by atoms with Crippen LogP contribution in [0.4, 0.5) is 0 Å². The third-order valence-electron chi connectivity index (χ3n) is 6.09. The maximum Gasteiger partial charge on any atom is 0.363 e. The first-order valence-electron chi connectivity index (χ1n) is 11.0. The molecule has 0 spiro atoms. The van der Waals surface area contributed by atoms with Crippen LogP contribution in [0.2, 0.25) is 0 Å². The first-order valence-corrected chi connectivity index (χ1v) is 15.8. The zero-order chi connectivity index (χ0) is 26.7. The third kappa shape index (κ3) is 7.93.